The Morgan fingerprint density at radius 2 is 1.88 bits per heavy atom. The van der Waals surface area contributed by atoms with Crippen LogP contribution in [0, 0.1) is 0 Å². The first-order chi connectivity index (χ1) is 12.1. The van der Waals surface area contributed by atoms with Crippen molar-refractivity contribution in [2.24, 2.45) is 0 Å². The SMILES string of the molecule is Nc1c(C=CCCNC(=O)OCc2ccccc2)cccc1C(=O)O. The first-order valence-corrected chi connectivity index (χ1v) is 7.81. The maximum Gasteiger partial charge on any atom is 0.407 e. The number of nitrogens with two attached hydrogens (primary N) is 1. The number of alkyl carbamates (subject to hydrolysis) is 1. The Hall–Kier alpha value is -3.28. The molecule has 4 N–H and O–H groups in total. The Kier molecular flexibility index (Phi) is 6.59. The molecule has 2 rings (SSSR count). The van der Waals surface area contributed by atoms with Crippen molar-refractivity contribution in [1.29, 1.82) is 0 Å². The van der Waals surface area contributed by atoms with E-state index in [0.29, 0.717) is 18.5 Å². The Balaban J connectivity index is 1.74. The van der Waals surface area contributed by atoms with Gasteiger partial charge in [-0.2, -0.15) is 0 Å². The maximum atomic E-state index is 11.6. The predicted octanol–water partition coefficient (Wildman–Crippen LogP) is 3.30. The monoisotopic (exact) mass is 340 g/mol. The summed E-state index contributed by atoms with van der Waals surface area (Å²) in [4.78, 5) is 22.6. The number of carbonyl (C=O) groups is 2. The number of nitrogens with one attached hydrogen (secondary N) is 1. The molecule has 0 heterocycles. The van der Waals surface area contributed by atoms with Crippen LogP contribution in [0.2, 0.25) is 0 Å². The number of hydrogen-bond donors (Lipinski definition) is 3. The molecule has 0 saturated carbocycles. The highest BCUT2D eigenvalue weighted by atomic mass is 16.5. The molecule has 0 bridgehead atoms. The topological polar surface area (TPSA) is 102 Å². The number of benzene rings is 2. The highest BCUT2D eigenvalue weighted by Crippen LogP contribution is 2.19. The van der Waals surface area contributed by atoms with Gasteiger partial charge in [0.15, 0.2) is 0 Å². The molecule has 0 atom stereocenters. The molecule has 25 heavy (non-hydrogen) atoms. The number of ether oxygens (including phenoxy) is 1. The zero-order valence-electron chi connectivity index (χ0n) is 13.6. The zero-order chi connectivity index (χ0) is 18.1. The third-order valence-corrected chi connectivity index (χ3v) is 3.46. The Morgan fingerprint density at radius 3 is 2.60 bits per heavy atom. The first-order valence-electron chi connectivity index (χ1n) is 7.81. The van der Waals surface area contributed by atoms with Crippen LogP contribution in [0.25, 0.3) is 6.08 Å². The largest absolute Gasteiger partial charge is 0.478 e. The maximum absolute atomic E-state index is 11.6. The molecular weight excluding hydrogens is 320 g/mol. The lowest BCUT2D eigenvalue weighted by Crippen LogP contribution is -2.24. The van der Waals surface area contributed by atoms with Gasteiger partial charge in [0, 0.05) is 6.54 Å². The minimum absolute atomic E-state index is 0.0739. The van der Waals surface area contributed by atoms with Crippen molar-refractivity contribution in [1.82, 2.24) is 5.32 Å². The van der Waals surface area contributed by atoms with Crippen LogP contribution in [0.1, 0.15) is 27.9 Å². The van der Waals surface area contributed by atoms with E-state index in [9.17, 15) is 9.59 Å². The van der Waals surface area contributed by atoms with Crippen molar-refractivity contribution in [2.45, 2.75) is 13.0 Å². The molecule has 0 saturated heterocycles. The van der Waals surface area contributed by atoms with Gasteiger partial charge in [0.1, 0.15) is 6.61 Å². The summed E-state index contributed by atoms with van der Waals surface area (Å²) in [6.07, 6.45) is 3.63. The smallest absolute Gasteiger partial charge is 0.407 e. The number of anilines is 1. The molecule has 0 radical (unpaired) electrons. The standard InChI is InChI=1S/C19H20N2O4/c20-17-15(10-6-11-16(17)18(22)23)9-4-5-12-21-19(24)25-13-14-7-2-1-3-8-14/h1-4,6-11H,5,12-13,20H2,(H,21,24)(H,22,23). The molecule has 2 aromatic carbocycles. The molecule has 0 aliphatic rings. The molecule has 0 fully saturated rings. The second-order valence-electron chi connectivity index (χ2n) is 5.29. The van der Waals surface area contributed by atoms with Gasteiger partial charge in [-0.15, -0.1) is 0 Å². The lowest BCUT2D eigenvalue weighted by atomic mass is 10.1. The number of aromatic carboxylic acids is 1. The molecular formula is C19H20N2O4. The van der Waals surface area contributed by atoms with Gasteiger partial charge < -0.3 is 20.9 Å². The Morgan fingerprint density at radius 1 is 1.12 bits per heavy atom. The fourth-order valence-corrected chi connectivity index (χ4v) is 2.16. The predicted molar refractivity (Wildman–Crippen MR) is 96.1 cm³/mol. The Labute approximate surface area is 145 Å². The number of carbonyl (C=O) groups excluding carboxylic acids is 1. The summed E-state index contributed by atoms with van der Waals surface area (Å²) in [7, 11) is 0. The normalized spacial score (nSPS) is 10.6. The second kappa shape index (κ2) is 9.12. The summed E-state index contributed by atoms with van der Waals surface area (Å²) in [5.74, 6) is -1.06. The van der Waals surface area contributed by atoms with E-state index in [4.69, 9.17) is 15.6 Å². The third kappa shape index (κ3) is 5.69. The molecule has 0 aliphatic heterocycles. The summed E-state index contributed by atoms with van der Waals surface area (Å²) < 4.78 is 5.09. The average molecular weight is 340 g/mol. The van der Waals surface area contributed by atoms with E-state index in [1.165, 1.54) is 6.07 Å². The van der Waals surface area contributed by atoms with E-state index in [1.54, 1.807) is 18.2 Å². The van der Waals surface area contributed by atoms with Crippen LogP contribution in [-0.2, 0) is 11.3 Å². The van der Waals surface area contributed by atoms with E-state index < -0.39 is 12.1 Å². The van der Waals surface area contributed by atoms with Crippen LogP contribution in [0.15, 0.2) is 54.6 Å². The number of hydrogen-bond acceptors (Lipinski definition) is 4. The lowest BCUT2D eigenvalue weighted by Gasteiger charge is -2.06. The van der Waals surface area contributed by atoms with Crippen LogP contribution >= 0.6 is 0 Å². The molecule has 1 amide bonds. The number of rotatable bonds is 7. The number of amides is 1. The number of carboxylic acid groups (broad SMARTS) is 1. The van der Waals surface area contributed by atoms with E-state index in [-0.39, 0.29) is 17.9 Å². The quantitative estimate of drug-likeness (QED) is 0.530. The highest BCUT2D eigenvalue weighted by Gasteiger charge is 2.09. The van der Waals surface area contributed by atoms with Crippen molar-refractivity contribution >= 4 is 23.8 Å². The van der Waals surface area contributed by atoms with Gasteiger partial charge in [0.05, 0.1) is 11.3 Å². The van der Waals surface area contributed by atoms with Crippen molar-refractivity contribution in [2.75, 3.05) is 12.3 Å². The molecule has 0 unspecified atom stereocenters. The summed E-state index contributed by atoms with van der Waals surface area (Å²) in [5.41, 5.74) is 7.67. The number of carboxylic acids is 1. The van der Waals surface area contributed by atoms with Gasteiger partial charge in [-0.1, -0.05) is 54.6 Å². The van der Waals surface area contributed by atoms with Gasteiger partial charge in [-0.05, 0) is 23.6 Å². The van der Waals surface area contributed by atoms with Crippen molar-refractivity contribution in [3.8, 4) is 0 Å². The minimum Gasteiger partial charge on any atom is -0.478 e. The van der Waals surface area contributed by atoms with Gasteiger partial charge >= 0.3 is 12.1 Å². The van der Waals surface area contributed by atoms with Gasteiger partial charge in [0.2, 0.25) is 0 Å². The fourth-order valence-electron chi connectivity index (χ4n) is 2.16. The highest BCUT2D eigenvalue weighted by molar-refractivity contribution is 5.95. The van der Waals surface area contributed by atoms with E-state index >= 15 is 0 Å². The van der Waals surface area contributed by atoms with Crippen LogP contribution in [-0.4, -0.2) is 23.7 Å². The van der Waals surface area contributed by atoms with Gasteiger partial charge in [-0.3, -0.25) is 0 Å². The summed E-state index contributed by atoms with van der Waals surface area (Å²) in [6.45, 7) is 0.629. The van der Waals surface area contributed by atoms with Crippen LogP contribution in [0.3, 0.4) is 0 Å². The molecule has 0 aliphatic carbocycles. The van der Waals surface area contributed by atoms with Crippen LogP contribution in [0.5, 0.6) is 0 Å². The summed E-state index contributed by atoms with van der Waals surface area (Å²) in [6, 6.07) is 14.3. The third-order valence-electron chi connectivity index (χ3n) is 3.46. The first kappa shape index (κ1) is 18.1. The molecule has 130 valence electrons. The molecule has 2 aromatic rings. The van der Waals surface area contributed by atoms with Crippen molar-refractivity contribution in [3.05, 3.63) is 71.3 Å². The summed E-state index contributed by atoms with van der Waals surface area (Å²) >= 11 is 0. The molecule has 0 spiro atoms. The number of para-hydroxylation sites is 1. The molecule has 0 aromatic heterocycles. The van der Waals surface area contributed by atoms with Crippen LogP contribution in [0.4, 0.5) is 10.5 Å². The van der Waals surface area contributed by atoms with Gasteiger partial charge in [-0.25, -0.2) is 9.59 Å². The van der Waals surface area contributed by atoms with Gasteiger partial charge in [0.25, 0.3) is 0 Å². The molecule has 6 nitrogen and oxygen atoms in total. The Bertz CT molecular complexity index is 757. The zero-order valence-corrected chi connectivity index (χ0v) is 13.6. The lowest BCUT2D eigenvalue weighted by molar-refractivity contribution is 0.0698. The fraction of sp³-hybridized carbons (Fsp3) is 0.158. The second-order valence-corrected chi connectivity index (χ2v) is 5.29. The van der Waals surface area contributed by atoms with E-state index in [0.717, 1.165) is 5.56 Å². The minimum atomic E-state index is -1.06. The van der Waals surface area contributed by atoms with E-state index in [2.05, 4.69) is 5.32 Å². The van der Waals surface area contributed by atoms with E-state index in [1.807, 2.05) is 36.4 Å². The molecule has 6 heteroatoms. The summed E-state index contributed by atoms with van der Waals surface area (Å²) in [5, 5.41) is 11.7. The van der Waals surface area contributed by atoms with Crippen molar-refractivity contribution in [3.63, 3.8) is 0 Å². The van der Waals surface area contributed by atoms with Crippen molar-refractivity contribution < 1.29 is 19.4 Å². The number of nitrogen functional groups attached to an aromatic ring is 1. The average Bonchev–Trinajstić information content (AvgIpc) is 2.61. The van der Waals surface area contributed by atoms with Crippen LogP contribution < -0.4 is 11.1 Å².